The number of halogens is 2. The molecule has 0 spiro atoms. The average Bonchev–Trinajstić information content (AvgIpc) is 2.85. The van der Waals surface area contributed by atoms with Gasteiger partial charge in [-0.3, -0.25) is 4.79 Å². The van der Waals surface area contributed by atoms with Crippen molar-refractivity contribution in [1.29, 1.82) is 0 Å². The number of methoxy groups -OCH3 is 1. The number of rotatable bonds is 6. The summed E-state index contributed by atoms with van der Waals surface area (Å²) in [6.45, 7) is -0.216. The summed E-state index contributed by atoms with van der Waals surface area (Å²) < 4.78 is 6.02. The number of carbonyl (C=O) groups excluding carboxylic acids is 2. The highest BCUT2D eigenvalue weighted by molar-refractivity contribution is 14.1. The molecule has 0 atom stereocenters. The maximum atomic E-state index is 12.5. The van der Waals surface area contributed by atoms with Crippen LogP contribution in [0.25, 0.3) is 0 Å². The zero-order valence-electron chi connectivity index (χ0n) is 13.0. The fourth-order valence-electron chi connectivity index (χ4n) is 2.34. The molecule has 0 saturated heterocycles. The number of hydrogen-bond donors (Lipinski definition) is 3. The molecule has 2 rings (SSSR count). The summed E-state index contributed by atoms with van der Waals surface area (Å²) in [5, 5.41) is 21.3. The zero-order chi connectivity index (χ0) is 18.7. The van der Waals surface area contributed by atoms with Gasteiger partial charge in [-0.25, -0.2) is 9.59 Å². The molecule has 1 heterocycles. The molecule has 0 unspecified atom stereocenters. The van der Waals surface area contributed by atoms with Crippen LogP contribution in [0.3, 0.4) is 0 Å². The first-order chi connectivity index (χ1) is 11.8. The van der Waals surface area contributed by atoms with Crippen molar-refractivity contribution >= 4 is 68.7 Å². The van der Waals surface area contributed by atoms with Gasteiger partial charge in [-0.2, -0.15) is 0 Å². The lowest BCUT2D eigenvalue weighted by molar-refractivity contribution is -0.136. The third kappa shape index (κ3) is 4.23. The van der Waals surface area contributed by atoms with Gasteiger partial charge < -0.3 is 25.2 Å². The number of carbonyl (C=O) groups is 3. The summed E-state index contributed by atoms with van der Waals surface area (Å²) in [6, 6.07) is 3.22. The molecule has 1 amide bonds. The number of aliphatic hydroxyl groups excluding tert-OH is 1. The molecular weight excluding hydrogens is 558 g/mol. The Morgan fingerprint density at radius 2 is 2.04 bits per heavy atom. The van der Waals surface area contributed by atoms with Crippen LogP contribution in [0.15, 0.2) is 23.4 Å². The Morgan fingerprint density at radius 1 is 1.36 bits per heavy atom. The van der Waals surface area contributed by atoms with E-state index in [0.29, 0.717) is 3.57 Å². The van der Waals surface area contributed by atoms with E-state index in [1.54, 1.807) is 6.07 Å². The lowest BCUT2D eigenvalue weighted by Crippen LogP contribution is -2.31. The molecule has 1 aromatic rings. The Hall–Kier alpha value is -1.41. The fourth-order valence-corrected chi connectivity index (χ4v) is 4.32. The second kappa shape index (κ2) is 8.31. The van der Waals surface area contributed by atoms with Gasteiger partial charge in [-0.15, -0.1) is 0 Å². The first kappa shape index (κ1) is 19.9. The van der Waals surface area contributed by atoms with Crippen LogP contribution in [0.2, 0.25) is 0 Å². The molecule has 8 nitrogen and oxygen atoms in total. The number of nitrogens with one attached hydrogen (secondary N) is 1. The molecule has 0 aliphatic carbocycles. The number of carboxylic acid groups (broad SMARTS) is 1. The van der Waals surface area contributed by atoms with E-state index in [9.17, 15) is 19.5 Å². The number of β-amino-alcohol motifs (C(OH)–C–C–N with tert-alkyl or cyclic N) is 1. The standard InChI is InChI=1S/C15H14I2N2O6/c1-25-15(24)9-6-19(2-3-20)13(21)12(9)18-11-8(14(22)23)4-7(16)5-10(11)17/h4-5,18,20H,2-3,6H2,1H3,(H,22,23). The molecule has 1 aromatic carbocycles. The molecule has 0 aromatic heterocycles. The summed E-state index contributed by atoms with van der Waals surface area (Å²) in [6.07, 6.45) is 0. The van der Waals surface area contributed by atoms with Crippen molar-refractivity contribution < 1.29 is 29.3 Å². The van der Waals surface area contributed by atoms with E-state index in [1.807, 2.05) is 45.2 Å². The lowest BCUT2D eigenvalue weighted by atomic mass is 10.1. The van der Waals surface area contributed by atoms with Crippen LogP contribution in [-0.4, -0.2) is 59.8 Å². The smallest absolute Gasteiger partial charge is 0.337 e. The number of ether oxygens (including phenoxy) is 1. The Morgan fingerprint density at radius 3 is 2.60 bits per heavy atom. The topological polar surface area (TPSA) is 116 Å². The minimum absolute atomic E-state index is 0.0126. The quantitative estimate of drug-likeness (QED) is 0.348. The summed E-state index contributed by atoms with van der Waals surface area (Å²) in [5.74, 6) is -2.34. The predicted molar refractivity (Wildman–Crippen MR) is 105 cm³/mol. The van der Waals surface area contributed by atoms with Crippen LogP contribution >= 0.6 is 45.2 Å². The number of amides is 1. The number of nitrogens with zero attached hydrogens (tertiary/aromatic N) is 1. The Bertz CT molecular complexity index is 778. The highest BCUT2D eigenvalue weighted by atomic mass is 127. The third-order valence-corrected chi connectivity index (χ3v) is 4.96. The summed E-state index contributed by atoms with van der Waals surface area (Å²) in [7, 11) is 1.20. The molecule has 10 heteroatoms. The summed E-state index contributed by atoms with van der Waals surface area (Å²) in [5.41, 5.74) is 0.263. The molecule has 3 N–H and O–H groups in total. The highest BCUT2D eigenvalue weighted by Crippen LogP contribution is 2.30. The van der Waals surface area contributed by atoms with Gasteiger partial charge in [0.05, 0.1) is 37.1 Å². The molecule has 1 aliphatic rings. The van der Waals surface area contributed by atoms with Crippen molar-refractivity contribution in [2.75, 3.05) is 32.1 Å². The maximum absolute atomic E-state index is 12.5. The van der Waals surface area contributed by atoms with Crippen molar-refractivity contribution in [2.45, 2.75) is 0 Å². The second-order valence-corrected chi connectivity index (χ2v) is 7.44. The number of benzene rings is 1. The van der Waals surface area contributed by atoms with Crippen molar-refractivity contribution in [3.8, 4) is 0 Å². The zero-order valence-corrected chi connectivity index (χ0v) is 17.3. The van der Waals surface area contributed by atoms with E-state index in [-0.39, 0.29) is 42.2 Å². The van der Waals surface area contributed by atoms with Gasteiger partial charge in [0, 0.05) is 13.7 Å². The number of hydrogen-bond acceptors (Lipinski definition) is 6. The first-order valence-corrected chi connectivity index (χ1v) is 9.16. The number of anilines is 1. The predicted octanol–water partition coefficient (Wildman–Crippen LogP) is 1.27. The molecular formula is C15H14I2N2O6. The van der Waals surface area contributed by atoms with Crippen LogP contribution in [0.4, 0.5) is 5.69 Å². The van der Waals surface area contributed by atoms with E-state index in [1.165, 1.54) is 18.1 Å². The molecule has 0 bridgehead atoms. The van der Waals surface area contributed by atoms with E-state index < -0.39 is 17.8 Å². The number of esters is 1. The van der Waals surface area contributed by atoms with Crippen molar-refractivity contribution in [2.24, 2.45) is 0 Å². The Balaban J connectivity index is 2.51. The summed E-state index contributed by atoms with van der Waals surface area (Å²) >= 11 is 3.96. The van der Waals surface area contributed by atoms with Gasteiger partial charge in [0.1, 0.15) is 5.70 Å². The van der Waals surface area contributed by atoms with Crippen LogP contribution in [0.1, 0.15) is 10.4 Å². The molecule has 1 aliphatic heterocycles. The average molecular weight is 572 g/mol. The Kier molecular flexibility index (Phi) is 6.62. The maximum Gasteiger partial charge on any atom is 0.337 e. The second-order valence-electron chi connectivity index (χ2n) is 5.04. The first-order valence-electron chi connectivity index (χ1n) is 7.01. The van der Waals surface area contributed by atoms with Crippen molar-refractivity contribution in [3.63, 3.8) is 0 Å². The fraction of sp³-hybridized carbons (Fsp3) is 0.267. The third-order valence-electron chi connectivity index (χ3n) is 3.49. The molecule has 0 saturated carbocycles. The van der Waals surface area contributed by atoms with Crippen LogP contribution in [0, 0.1) is 7.14 Å². The molecule has 0 radical (unpaired) electrons. The van der Waals surface area contributed by atoms with Gasteiger partial charge in [0.2, 0.25) is 0 Å². The Labute approximate surface area is 170 Å². The monoisotopic (exact) mass is 572 g/mol. The van der Waals surface area contributed by atoms with Gasteiger partial charge in [0.25, 0.3) is 5.91 Å². The molecule has 134 valence electrons. The number of aliphatic hydroxyl groups is 1. The van der Waals surface area contributed by atoms with Gasteiger partial charge in [-0.1, -0.05) is 0 Å². The van der Waals surface area contributed by atoms with Gasteiger partial charge >= 0.3 is 11.9 Å². The van der Waals surface area contributed by atoms with Gasteiger partial charge in [-0.05, 0) is 57.3 Å². The SMILES string of the molecule is COC(=O)C1=C(Nc2c(I)cc(I)cc2C(=O)O)C(=O)N(CCO)C1. The van der Waals surface area contributed by atoms with E-state index >= 15 is 0 Å². The normalized spacial score (nSPS) is 14.1. The molecule has 0 fully saturated rings. The minimum Gasteiger partial charge on any atom is -0.478 e. The van der Waals surface area contributed by atoms with E-state index in [0.717, 1.165) is 3.57 Å². The lowest BCUT2D eigenvalue weighted by Gasteiger charge is -2.16. The molecule has 25 heavy (non-hydrogen) atoms. The van der Waals surface area contributed by atoms with E-state index in [4.69, 9.17) is 9.84 Å². The van der Waals surface area contributed by atoms with Crippen molar-refractivity contribution in [3.05, 3.63) is 36.1 Å². The number of aromatic carboxylic acids is 1. The number of carboxylic acids is 1. The van der Waals surface area contributed by atoms with E-state index in [2.05, 4.69) is 5.32 Å². The highest BCUT2D eigenvalue weighted by Gasteiger charge is 2.35. The van der Waals surface area contributed by atoms with Crippen LogP contribution < -0.4 is 5.32 Å². The largest absolute Gasteiger partial charge is 0.478 e. The van der Waals surface area contributed by atoms with Crippen LogP contribution in [-0.2, 0) is 14.3 Å². The summed E-state index contributed by atoms with van der Waals surface area (Å²) in [4.78, 5) is 37.3. The minimum atomic E-state index is -1.16. The van der Waals surface area contributed by atoms with Crippen LogP contribution in [0.5, 0.6) is 0 Å². The van der Waals surface area contributed by atoms with Gasteiger partial charge in [0.15, 0.2) is 0 Å². The van der Waals surface area contributed by atoms with Crippen molar-refractivity contribution in [1.82, 2.24) is 4.90 Å².